The zero-order valence-corrected chi connectivity index (χ0v) is 12.6. The quantitative estimate of drug-likeness (QED) is 0.680. The number of nitrogens with zero attached hydrogens (tertiary/aromatic N) is 2. The van der Waals surface area contributed by atoms with Crippen LogP contribution in [0.5, 0.6) is 0 Å². The molecule has 106 valence electrons. The van der Waals surface area contributed by atoms with Crippen LogP contribution in [0.15, 0.2) is 53.3 Å². The van der Waals surface area contributed by atoms with E-state index in [-0.39, 0.29) is 0 Å². The molecule has 3 aromatic rings. The summed E-state index contributed by atoms with van der Waals surface area (Å²) < 4.78 is 8.04. The Morgan fingerprint density at radius 2 is 1.86 bits per heavy atom. The molecule has 0 bridgehead atoms. The predicted octanol–water partition coefficient (Wildman–Crippen LogP) is 3.93. The Balaban J connectivity index is 1.95. The normalized spacial score (nSPS) is 10.8. The lowest BCUT2D eigenvalue weighted by molar-refractivity contribution is -0.693. The van der Waals surface area contributed by atoms with E-state index in [1.165, 1.54) is 11.1 Å². The molecule has 0 fully saturated rings. The van der Waals surface area contributed by atoms with Crippen molar-refractivity contribution in [3.05, 3.63) is 60.0 Å². The number of pyridine rings is 1. The summed E-state index contributed by atoms with van der Waals surface area (Å²) in [5.41, 5.74) is 4.55. The SMILES string of the molecule is CC[n+]1ccc(-c2ncc(-c3ccc(C)cc3C)o2)cc1. The summed E-state index contributed by atoms with van der Waals surface area (Å²) in [6.07, 6.45) is 5.88. The molecule has 0 aliphatic rings. The Hall–Kier alpha value is -2.42. The Bertz CT molecular complexity index is 757. The van der Waals surface area contributed by atoms with Crippen LogP contribution in [-0.2, 0) is 6.54 Å². The lowest BCUT2D eigenvalue weighted by atomic mass is 10.0. The van der Waals surface area contributed by atoms with Gasteiger partial charge in [0.25, 0.3) is 0 Å². The molecular formula is C18H19N2O+. The van der Waals surface area contributed by atoms with E-state index in [0.717, 1.165) is 23.4 Å². The molecule has 0 N–H and O–H groups in total. The van der Waals surface area contributed by atoms with Crippen LogP contribution in [0.1, 0.15) is 18.1 Å². The van der Waals surface area contributed by atoms with Gasteiger partial charge in [-0.25, -0.2) is 9.55 Å². The molecule has 0 spiro atoms. The third-order valence-electron chi connectivity index (χ3n) is 3.66. The van der Waals surface area contributed by atoms with Gasteiger partial charge >= 0.3 is 0 Å². The first-order valence-electron chi connectivity index (χ1n) is 7.20. The minimum atomic E-state index is 0.660. The number of hydrogen-bond acceptors (Lipinski definition) is 2. The number of aromatic nitrogens is 2. The number of benzene rings is 1. The second-order valence-electron chi connectivity index (χ2n) is 5.27. The molecule has 3 nitrogen and oxygen atoms in total. The van der Waals surface area contributed by atoms with Gasteiger partial charge in [0.1, 0.15) is 6.54 Å². The van der Waals surface area contributed by atoms with E-state index in [0.29, 0.717) is 5.89 Å². The number of rotatable bonds is 3. The summed E-state index contributed by atoms with van der Waals surface area (Å²) in [4.78, 5) is 4.41. The van der Waals surface area contributed by atoms with Gasteiger partial charge < -0.3 is 4.42 Å². The maximum atomic E-state index is 5.93. The molecule has 2 heterocycles. The van der Waals surface area contributed by atoms with Gasteiger partial charge in [-0.1, -0.05) is 23.8 Å². The second-order valence-corrected chi connectivity index (χ2v) is 5.27. The van der Waals surface area contributed by atoms with Crippen LogP contribution in [0.4, 0.5) is 0 Å². The fraction of sp³-hybridized carbons (Fsp3) is 0.222. The van der Waals surface area contributed by atoms with Crippen LogP contribution in [0.3, 0.4) is 0 Å². The fourth-order valence-corrected chi connectivity index (χ4v) is 2.43. The van der Waals surface area contributed by atoms with Gasteiger partial charge in [0, 0.05) is 23.3 Å². The van der Waals surface area contributed by atoms with Crippen molar-refractivity contribution >= 4 is 0 Å². The highest BCUT2D eigenvalue weighted by molar-refractivity contribution is 5.64. The molecule has 1 aromatic carbocycles. The first kappa shape index (κ1) is 13.6. The van der Waals surface area contributed by atoms with Crippen molar-refractivity contribution in [3.8, 4) is 22.8 Å². The van der Waals surface area contributed by atoms with Crippen molar-refractivity contribution in [3.63, 3.8) is 0 Å². The molecular weight excluding hydrogens is 260 g/mol. The van der Waals surface area contributed by atoms with E-state index < -0.39 is 0 Å². The van der Waals surface area contributed by atoms with Gasteiger partial charge in [0.05, 0.1) is 6.20 Å². The van der Waals surface area contributed by atoms with Crippen molar-refractivity contribution in [2.75, 3.05) is 0 Å². The lowest BCUT2D eigenvalue weighted by Crippen LogP contribution is -2.30. The van der Waals surface area contributed by atoms with Gasteiger partial charge in [-0.3, -0.25) is 0 Å². The van der Waals surface area contributed by atoms with Crippen LogP contribution in [0, 0.1) is 13.8 Å². The molecule has 0 amide bonds. The van der Waals surface area contributed by atoms with Crippen molar-refractivity contribution in [1.29, 1.82) is 0 Å². The van der Waals surface area contributed by atoms with Crippen molar-refractivity contribution in [2.45, 2.75) is 27.3 Å². The molecule has 0 aliphatic carbocycles. The number of aryl methyl sites for hydroxylation is 3. The third-order valence-corrected chi connectivity index (χ3v) is 3.66. The largest absolute Gasteiger partial charge is 0.436 e. The zero-order chi connectivity index (χ0) is 14.8. The molecule has 0 saturated carbocycles. The highest BCUT2D eigenvalue weighted by atomic mass is 16.4. The van der Waals surface area contributed by atoms with E-state index in [2.05, 4.69) is 48.5 Å². The first-order chi connectivity index (χ1) is 10.2. The van der Waals surface area contributed by atoms with Gasteiger partial charge in [-0.15, -0.1) is 0 Å². The Morgan fingerprint density at radius 1 is 1.10 bits per heavy atom. The molecule has 0 aliphatic heterocycles. The van der Waals surface area contributed by atoms with E-state index in [1.54, 1.807) is 6.20 Å². The summed E-state index contributed by atoms with van der Waals surface area (Å²) in [7, 11) is 0. The molecule has 21 heavy (non-hydrogen) atoms. The standard InChI is InChI=1S/C18H19N2O/c1-4-20-9-7-15(8-10-20)18-19-12-17(21-18)16-6-5-13(2)11-14(16)3/h5-12H,4H2,1-3H3/q+1. The molecule has 0 saturated heterocycles. The number of hydrogen-bond donors (Lipinski definition) is 0. The second kappa shape index (κ2) is 5.52. The maximum Gasteiger partial charge on any atom is 0.227 e. The van der Waals surface area contributed by atoms with Gasteiger partial charge in [-0.2, -0.15) is 0 Å². The third kappa shape index (κ3) is 2.72. The Labute approximate surface area is 124 Å². The smallest absolute Gasteiger partial charge is 0.227 e. The van der Waals surface area contributed by atoms with Crippen LogP contribution >= 0.6 is 0 Å². The average molecular weight is 279 g/mol. The molecule has 0 unspecified atom stereocenters. The Kier molecular flexibility index (Phi) is 3.57. The van der Waals surface area contributed by atoms with Gasteiger partial charge in [-0.05, 0) is 26.3 Å². The summed E-state index contributed by atoms with van der Waals surface area (Å²) in [6, 6.07) is 10.4. The maximum absolute atomic E-state index is 5.93. The highest BCUT2D eigenvalue weighted by Gasteiger charge is 2.11. The molecule has 3 heteroatoms. The Morgan fingerprint density at radius 3 is 2.52 bits per heavy atom. The van der Waals surface area contributed by atoms with Crippen LogP contribution in [0.2, 0.25) is 0 Å². The van der Waals surface area contributed by atoms with E-state index >= 15 is 0 Å². The summed E-state index contributed by atoms with van der Waals surface area (Å²) >= 11 is 0. The van der Waals surface area contributed by atoms with Gasteiger partial charge in [0.15, 0.2) is 18.2 Å². The average Bonchev–Trinajstić information content (AvgIpc) is 2.97. The van der Waals surface area contributed by atoms with Crippen LogP contribution in [0.25, 0.3) is 22.8 Å². The number of oxazole rings is 1. The minimum Gasteiger partial charge on any atom is -0.436 e. The zero-order valence-electron chi connectivity index (χ0n) is 12.6. The van der Waals surface area contributed by atoms with Crippen molar-refractivity contribution in [2.24, 2.45) is 0 Å². The monoisotopic (exact) mass is 279 g/mol. The van der Waals surface area contributed by atoms with Crippen LogP contribution in [-0.4, -0.2) is 4.98 Å². The van der Waals surface area contributed by atoms with Crippen molar-refractivity contribution < 1.29 is 8.98 Å². The van der Waals surface area contributed by atoms with Crippen molar-refractivity contribution in [1.82, 2.24) is 4.98 Å². The summed E-state index contributed by atoms with van der Waals surface area (Å²) in [5, 5.41) is 0. The first-order valence-corrected chi connectivity index (χ1v) is 7.20. The summed E-state index contributed by atoms with van der Waals surface area (Å²) in [5.74, 6) is 1.47. The fourth-order valence-electron chi connectivity index (χ4n) is 2.43. The predicted molar refractivity (Wildman–Crippen MR) is 82.7 cm³/mol. The van der Waals surface area contributed by atoms with E-state index in [9.17, 15) is 0 Å². The highest BCUT2D eigenvalue weighted by Crippen LogP contribution is 2.28. The van der Waals surface area contributed by atoms with E-state index in [4.69, 9.17) is 4.42 Å². The summed E-state index contributed by atoms with van der Waals surface area (Å²) in [6.45, 7) is 7.26. The minimum absolute atomic E-state index is 0.660. The molecule has 0 radical (unpaired) electrons. The van der Waals surface area contributed by atoms with E-state index in [1.807, 2.05) is 24.5 Å². The topological polar surface area (TPSA) is 29.9 Å². The van der Waals surface area contributed by atoms with Crippen LogP contribution < -0.4 is 4.57 Å². The lowest BCUT2D eigenvalue weighted by Gasteiger charge is -2.03. The molecule has 3 rings (SSSR count). The molecule has 0 atom stereocenters. The van der Waals surface area contributed by atoms with Gasteiger partial charge in [0.2, 0.25) is 5.89 Å². The molecule has 2 aromatic heterocycles.